The van der Waals surface area contributed by atoms with Crippen LogP contribution >= 0.6 is 0 Å². The van der Waals surface area contributed by atoms with Crippen LogP contribution < -0.4 is 10.1 Å². The summed E-state index contributed by atoms with van der Waals surface area (Å²) in [5, 5.41) is 6.60. The number of anilines is 1. The summed E-state index contributed by atoms with van der Waals surface area (Å²) in [4.78, 5) is 18.0. The zero-order chi connectivity index (χ0) is 19.9. The highest BCUT2D eigenvalue weighted by Crippen LogP contribution is 2.28. The normalized spacial score (nSPS) is 11.0. The van der Waals surface area contributed by atoms with Crippen LogP contribution in [0.1, 0.15) is 5.89 Å². The van der Waals surface area contributed by atoms with E-state index < -0.39 is 6.61 Å². The number of benzene rings is 2. The van der Waals surface area contributed by atoms with Gasteiger partial charge in [-0.05, 0) is 31.3 Å². The Kier molecular flexibility index (Phi) is 6.28. The van der Waals surface area contributed by atoms with E-state index in [2.05, 4.69) is 20.2 Å². The highest BCUT2D eigenvalue weighted by atomic mass is 19.3. The van der Waals surface area contributed by atoms with Crippen LogP contribution in [0.2, 0.25) is 0 Å². The number of hydrogen-bond donors (Lipinski definition) is 1. The highest BCUT2D eigenvalue weighted by molar-refractivity contribution is 5.92. The summed E-state index contributed by atoms with van der Waals surface area (Å²) >= 11 is 0. The van der Waals surface area contributed by atoms with Crippen LogP contribution in [0.25, 0.3) is 11.4 Å². The maximum absolute atomic E-state index is 12.5. The second-order valence-electron chi connectivity index (χ2n) is 5.97. The second kappa shape index (κ2) is 9.05. The Labute approximate surface area is 159 Å². The smallest absolute Gasteiger partial charge is 0.387 e. The molecule has 146 valence electrons. The summed E-state index contributed by atoms with van der Waals surface area (Å²) in [5.74, 6) is 0.148. The molecule has 3 rings (SSSR count). The van der Waals surface area contributed by atoms with E-state index >= 15 is 0 Å². The molecule has 0 fully saturated rings. The van der Waals surface area contributed by atoms with E-state index in [-0.39, 0.29) is 36.5 Å². The van der Waals surface area contributed by atoms with Crippen LogP contribution in [0.15, 0.2) is 59.1 Å². The predicted octanol–water partition coefficient (Wildman–Crippen LogP) is 3.41. The third-order valence-electron chi connectivity index (χ3n) is 3.69. The molecule has 1 N–H and O–H groups in total. The van der Waals surface area contributed by atoms with Crippen molar-refractivity contribution in [1.82, 2.24) is 15.0 Å². The third kappa shape index (κ3) is 5.34. The van der Waals surface area contributed by atoms with Gasteiger partial charge in [0, 0.05) is 5.69 Å². The van der Waals surface area contributed by atoms with Crippen molar-refractivity contribution in [2.75, 3.05) is 18.9 Å². The highest BCUT2D eigenvalue weighted by Gasteiger charge is 2.17. The molecule has 2 aromatic carbocycles. The minimum absolute atomic E-state index is 0.0413. The van der Waals surface area contributed by atoms with E-state index in [1.165, 1.54) is 6.07 Å². The van der Waals surface area contributed by atoms with Gasteiger partial charge in [-0.3, -0.25) is 9.69 Å². The van der Waals surface area contributed by atoms with Gasteiger partial charge in [0.2, 0.25) is 17.6 Å². The molecule has 0 aliphatic carbocycles. The summed E-state index contributed by atoms with van der Waals surface area (Å²) in [6.45, 7) is -2.63. The zero-order valence-electron chi connectivity index (χ0n) is 15.0. The summed E-state index contributed by atoms with van der Waals surface area (Å²) < 4.78 is 34.7. The minimum Gasteiger partial charge on any atom is -0.434 e. The van der Waals surface area contributed by atoms with Crippen molar-refractivity contribution >= 4 is 11.6 Å². The second-order valence-corrected chi connectivity index (χ2v) is 5.97. The minimum atomic E-state index is -2.96. The monoisotopic (exact) mass is 388 g/mol. The molecule has 9 heteroatoms. The van der Waals surface area contributed by atoms with Gasteiger partial charge in [-0.25, -0.2) is 0 Å². The van der Waals surface area contributed by atoms with Crippen molar-refractivity contribution in [3.63, 3.8) is 0 Å². The molecule has 0 bridgehead atoms. The fourth-order valence-electron chi connectivity index (χ4n) is 2.53. The Hall–Kier alpha value is -3.33. The SMILES string of the molecule is CN(CC(=O)Nc1ccccc1)Cc1nc(-c2ccccc2OC(F)F)no1. The van der Waals surface area contributed by atoms with Crippen LogP contribution in [0, 0.1) is 0 Å². The van der Waals surface area contributed by atoms with Gasteiger partial charge >= 0.3 is 6.61 Å². The van der Waals surface area contributed by atoms with E-state index in [4.69, 9.17) is 4.52 Å². The maximum atomic E-state index is 12.5. The van der Waals surface area contributed by atoms with Gasteiger partial charge in [0.1, 0.15) is 5.75 Å². The van der Waals surface area contributed by atoms with Gasteiger partial charge in [-0.15, -0.1) is 0 Å². The van der Waals surface area contributed by atoms with Crippen molar-refractivity contribution in [2.24, 2.45) is 0 Å². The molecule has 1 aromatic heterocycles. The van der Waals surface area contributed by atoms with Gasteiger partial charge in [-0.1, -0.05) is 35.5 Å². The summed E-state index contributed by atoms with van der Waals surface area (Å²) in [7, 11) is 1.72. The quantitative estimate of drug-likeness (QED) is 0.637. The molecular formula is C19H18F2N4O3. The first-order chi connectivity index (χ1) is 13.5. The molecule has 7 nitrogen and oxygen atoms in total. The molecule has 0 aliphatic rings. The number of halogens is 2. The number of alkyl halides is 2. The molecule has 3 aromatic rings. The van der Waals surface area contributed by atoms with Crippen molar-refractivity contribution in [3.05, 3.63) is 60.5 Å². The zero-order valence-corrected chi connectivity index (χ0v) is 15.0. The molecule has 0 spiro atoms. The predicted molar refractivity (Wildman–Crippen MR) is 97.8 cm³/mol. The number of likely N-dealkylation sites (N-methyl/N-ethyl adjacent to an activating group) is 1. The standard InChI is InChI=1S/C19H18F2N4O3/c1-25(11-16(26)22-13-7-3-2-4-8-13)12-17-23-18(24-28-17)14-9-5-6-10-15(14)27-19(20)21/h2-10,19H,11-12H2,1H3,(H,22,26). The average molecular weight is 388 g/mol. The van der Waals surface area contributed by atoms with Gasteiger partial charge in [0.05, 0.1) is 18.7 Å². The molecule has 0 unspecified atom stereocenters. The van der Waals surface area contributed by atoms with E-state index in [0.717, 1.165) is 0 Å². The van der Waals surface area contributed by atoms with Crippen LogP contribution in [0.5, 0.6) is 5.75 Å². The molecule has 0 saturated carbocycles. The molecule has 0 radical (unpaired) electrons. The van der Waals surface area contributed by atoms with Gasteiger partial charge in [0.15, 0.2) is 0 Å². The summed E-state index contributed by atoms with van der Waals surface area (Å²) in [6, 6.07) is 15.3. The van der Waals surface area contributed by atoms with E-state index in [9.17, 15) is 13.6 Å². The number of carbonyl (C=O) groups excluding carboxylic acids is 1. The topological polar surface area (TPSA) is 80.5 Å². The van der Waals surface area contributed by atoms with Crippen molar-refractivity contribution in [3.8, 4) is 17.1 Å². The molecule has 0 saturated heterocycles. The molecule has 0 atom stereocenters. The fourth-order valence-corrected chi connectivity index (χ4v) is 2.53. The van der Waals surface area contributed by atoms with Gasteiger partial charge < -0.3 is 14.6 Å². The summed E-state index contributed by atoms with van der Waals surface area (Å²) in [5.41, 5.74) is 0.999. The molecule has 1 heterocycles. The molecular weight excluding hydrogens is 370 g/mol. The maximum Gasteiger partial charge on any atom is 0.387 e. The first kappa shape index (κ1) is 19.4. The molecule has 1 amide bonds. The number of nitrogens with zero attached hydrogens (tertiary/aromatic N) is 3. The largest absolute Gasteiger partial charge is 0.434 e. The van der Waals surface area contributed by atoms with Crippen LogP contribution in [0.4, 0.5) is 14.5 Å². The Morgan fingerprint density at radius 1 is 1.18 bits per heavy atom. The number of ether oxygens (including phenoxy) is 1. The molecule has 0 aliphatic heterocycles. The molecule has 28 heavy (non-hydrogen) atoms. The number of hydrogen-bond acceptors (Lipinski definition) is 6. The Balaban J connectivity index is 1.61. The first-order valence-electron chi connectivity index (χ1n) is 8.41. The van der Waals surface area contributed by atoms with Gasteiger partial charge in [0.25, 0.3) is 0 Å². The number of carbonyl (C=O) groups is 1. The number of amides is 1. The number of rotatable bonds is 8. The Bertz CT molecular complexity index is 918. The van der Waals surface area contributed by atoms with Crippen LogP contribution in [-0.4, -0.2) is 41.2 Å². The van der Waals surface area contributed by atoms with Crippen molar-refractivity contribution in [1.29, 1.82) is 0 Å². The lowest BCUT2D eigenvalue weighted by Gasteiger charge is -2.13. The Morgan fingerprint density at radius 2 is 1.89 bits per heavy atom. The average Bonchev–Trinajstić information content (AvgIpc) is 3.10. The van der Waals surface area contributed by atoms with E-state index in [1.807, 2.05) is 18.2 Å². The first-order valence-corrected chi connectivity index (χ1v) is 8.41. The number of para-hydroxylation sites is 2. The van der Waals surface area contributed by atoms with E-state index in [1.54, 1.807) is 42.3 Å². The number of nitrogens with one attached hydrogen (secondary N) is 1. The van der Waals surface area contributed by atoms with E-state index in [0.29, 0.717) is 11.3 Å². The third-order valence-corrected chi connectivity index (χ3v) is 3.69. The number of aromatic nitrogens is 2. The lowest BCUT2D eigenvalue weighted by molar-refractivity contribution is -0.117. The van der Waals surface area contributed by atoms with Crippen LogP contribution in [0.3, 0.4) is 0 Å². The Morgan fingerprint density at radius 3 is 2.64 bits per heavy atom. The van der Waals surface area contributed by atoms with Crippen molar-refractivity contribution in [2.45, 2.75) is 13.2 Å². The van der Waals surface area contributed by atoms with Gasteiger partial charge in [-0.2, -0.15) is 13.8 Å². The summed E-state index contributed by atoms with van der Waals surface area (Å²) in [6.07, 6.45) is 0. The lowest BCUT2D eigenvalue weighted by Crippen LogP contribution is -2.29. The van der Waals surface area contributed by atoms with Crippen LogP contribution in [-0.2, 0) is 11.3 Å². The van der Waals surface area contributed by atoms with Crippen molar-refractivity contribution < 1.29 is 22.8 Å². The lowest BCUT2D eigenvalue weighted by atomic mass is 10.2. The fraction of sp³-hybridized carbons (Fsp3) is 0.211.